The van der Waals surface area contributed by atoms with Crippen molar-refractivity contribution >= 4 is 0 Å². The molecule has 0 aliphatic carbocycles. The smallest absolute Gasteiger partial charge is 0.108 e. The molecule has 1 aliphatic heterocycles. The van der Waals surface area contributed by atoms with E-state index in [0.717, 1.165) is 6.42 Å². The molecule has 2 unspecified atom stereocenters. The van der Waals surface area contributed by atoms with Crippen LogP contribution in [0.25, 0.3) is 0 Å². The minimum atomic E-state index is -0.842. The second-order valence-corrected chi connectivity index (χ2v) is 5.63. The zero-order chi connectivity index (χ0) is 11.7. The molecule has 3 heteroatoms. The molecule has 0 aromatic heterocycles. The standard InChI is InChI=1S/C12H25NO2/c1-9(2)7-12(13,10(3)4)11(14)5-6-15-8-11/h9-10,14H,5-8,13H2,1-4H3. The topological polar surface area (TPSA) is 55.5 Å². The van der Waals surface area contributed by atoms with Crippen LogP contribution in [0, 0.1) is 11.8 Å². The average Bonchev–Trinajstić information content (AvgIpc) is 2.52. The zero-order valence-corrected chi connectivity index (χ0v) is 10.4. The Morgan fingerprint density at radius 1 is 1.40 bits per heavy atom. The number of hydrogen-bond acceptors (Lipinski definition) is 3. The van der Waals surface area contributed by atoms with Gasteiger partial charge in [-0.1, -0.05) is 27.7 Å². The second kappa shape index (κ2) is 4.40. The van der Waals surface area contributed by atoms with Crippen LogP contribution in [0.5, 0.6) is 0 Å². The third-order valence-corrected chi connectivity index (χ3v) is 3.64. The maximum absolute atomic E-state index is 10.6. The maximum Gasteiger partial charge on any atom is 0.108 e. The molecule has 3 nitrogen and oxygen atoms in total. The Hall–Kier alpha value is -0.120. The molecule has 0 aromatic carbocycles. The first-order chi connectivity index (χ1) is 6.82. The van der Waals surface area contributed by atoms with Crippen LogP contribution in [0.1, 0.15) is 40.5 Å². The van der Waals surface area contributed by atoms with Crippen molar-refractivity contribution in [2.24, 2.45) is 17.6 Å². The Morgan fingerprint density at radius 3 is 2.33 bits per heavy atom. The number of aliphatic hydroxyl groups is 1. The monoisotopic (exact) mass is 215 g/mol. The van der Waals surface area contributed by atoms with Gasteiger partial charge in [0.25, 0.3) is 0 Å². The highest BCUT2D eigenvalue weighted by Gasteiger charge is 2.51. The van der Waals surface area contributed by atoms with Crippen molar-refractivity contribution in [1.82, 2.24) is 0 Å². The first-order valence-corrected chi connectivity index (χ1v) is 5.91. The van der Waals surface area contributed by atoms with Crippen molar-refractivity contribution in [2.75, 3.05) is 13.2 Å². The molecule has 1 aliphatic rings. The van der Waals surface area contributed by atoms with Crippen molar-refractivity contribution in [3.05, 3.63) is 0 Å². The molecule has 0 amide bonds. The quantitative estimate of drug-likeness (QED) is 0.748. The van der Waals surface area contributed by atoms with Gasteiger partial charge in [-0.3, -0.25) is 0 Å². The Labute approximate surface area is 93.0 Å². The molecule has 0 bridgehead atoms. The average molecular weight is 215 g/mol. The molecule has 0 spiro atoms. The fraction of sp³-hybridized carbons (Fsp3) is 1.00. The molecule has 0 saturated carbocycles. The molecule has 1 saturated heterocycles. The van der Waals surface area contributed by atoms with Crippen LogP contribution in [0.3, 0.4) is 0 Å². The van der Waals surface area contributed by atoms with E-state index in [-0.39, 0.29) is 5.92 Å². The Morgan fingerprint density at radius 2 is 2.00 bits per heavy atom. The molecule has 0 radical (unpaired) electrons. The molecule has 3 N–H and O–H groups in total. The van der Waals surface area contributed by atoms with Crippen molar-refractivity contribution in [3.8, 4) is 0 Å². The van der Waals surface area contributed by atoms with Gasteiger partial charge in [-0.15, -0.1) is 0 Å². The summed E-state index contributed by atoms with van der Waals surface area (Å²) in [5.74, 6) is 0.744. The van der Waals surface area contributed by atoms with Gasteiger partial charge in [-0.25, -0.2) is 0 Å². The van der Waals surface area contributed by atoms with Gasteiger partial charge in [-0.2, -0.15) is 0 Å². The van der Waals surface area contributed by atoms with Crippen molar-refractivity contribution < 1.29 is 9.84 Å². The van der Waals surface area contributed by atoms with Crippen molar-refractivity contribution in [1.29, 1.82) is 0 Å². The molecular weight excluding hydrogens is 190 g/mol. The summed E-state index contributed by atoms with van der Waals surface area (Å²) < 4.78 is 5.31. The van der Waals surface area contributed by atoms with E-state index in [1.165, 1.54) is 0 Å². The Bertz CT molecular complexity index is 210. The van der Waals surface area contributed by atoms with E-state index in [9.17, 15) is 5.11 Å². The summed E-state index contributed by atoms with van der Waals surface area (Å²) in [5, 5.41) is 10.6. The Balaban J connectivity index is 2.89. The molecule has 0 aromatic rings. The van der Waals surface area contributed by atoms with Crippen LogP contribution in [0.2, 0.25) is 0 Å². The van der Waals surface area contributed by atoms with E-state index in [4.69, 9.17) is 10.5 Å². The molecule has 15 heavy (non-hydrogen) atoms. The fourth-order valence-corrected chi connectivity index (χ4v) is 2.56. The highest BCUT2D eigenvalue weighted by Crippen LogP contribution is 2.38. The van der Waals surface area contributed by atoms with E-state index in [1.54, 1.807) is 0 Å². The van der Waals surface area contributed by atoms with E-state index >= 15 is 0 Å². The lowest BCUT2D eigenvalue weighted by atomic mass is 9.68. The van der Waals surface area contributed by atoms with Crippen LogP contribution in [-0.2, 0) is 4.74 Å². The van der Waals surface area contributed by atoms with Crippen LogP contribution in [0.4, 0.5) is 0 Å². The highest BCUT2D eigenvalue weighted by molar-refractivity contribution is 5.07. The van der Waals surface area contributed by atoms with Gasteiger partial charge in [0.2, 0.25) is 0 Å². The first-order valence-electron chi connectivity index (χ1n) is 5.91. The van der Waals surface area contributed by atoms with E-state index in [2.05, 4.69) is 27.7 Å². The second-order valence-electron chi connectivity index (χ2n) is 5.63. The lowest BCUT2D eigenvalue weighted by Gasteiger charge is -2.46. The highest BCUT2D eigenvalue weighted by atomic mass is 16.5. The van der Waals surface area contributed by atoms with E-state index in [0.29, 0.717) is 25.6 Å². The van der Waals surface area contributed by atoms with Gasteiger partial charge in [0.15, 0.2) is 0 Å². The summed E-state index contributed by atoms with van der Waals surface area (Å²) >= 11 is 0. The first kappa shape index (κ1) is 12.9. The van der Waals surface area contributed by atoms with Crippen LogP contribution in [0.15, 0.2) is 0 Å². The molecule has 1 fully saturated rings. The lowest BCUT2D eigenvalue weighted by Crippen LogP contribution is -2.64. The summed E-state index contributed by atoms with van der Waals surface area (Å²) in [5.41, 5.74) is 5.08. The van der Waals surface area contributed by atoms with Crippen LogP contribution in [-0.4, -0.2) is 29.5 Å². The van der Waals surface area contributed by atoms with E-state index < -0.39 is 11.1 Å². The summed E-state index contributed by atoms with van der Waals surface area (Å²) in [6, 6.07) is 0. The van der Waals surface area contributed by atoms with Crippen LogP contribution < -0.4 is 5.73 Å². The normalized spacial score (nSPS) is 31.2. The minimum Gasteiger partial charge on any atom is -0.385 e. The Kier molecular flexibility index (Phi) is 3.80. The van der Waals surface area contributed by atoms with Gasteiger partial charge < -0.3 is 15.6 Å². The predicted octanol–water partition coefficient (Wildman–Crippen LogP) is 1.54. The third-order valence-electron chi connectivity index (χ3n) is 3.64. The third kappa shape index (κ3) is 2.35. The predicted molar refractivity (Wildman–Crippen MR) is 61.6 cm³/mol. The fourth-order valence-electron chi connectivity index (χ4n) is 2.56. The number of nitrogens with two attached hydrogens (primary N) is 1. The van der Waals surface area contributed by atoms with E-state index in [1.807, 2.05) is 0 Å². The van der Waals surface area contributed by atoms with Crippen molar-refractivity contribution in [3.63, 3.8) is 0 Å². The summed E-state index contributed by atoms with van der Waals surface area (Å²) in [4.78, 5) is 0. The van der Waals surface area contributed by atoms with Crippen molar-refractivity contribution in [2.45, 2.75) is 51.7 Å². The molecular formula is C12H25NO2. The molecule has 90 valence electrons. The largest absolute Gasteiger partial charge is 0.385 e. The summed E-state index contributed by atoms with van der Waals surface area (Å²) in [6.45, 7) is 9.46. The number of ether oxygens (including phenoxy) is 1. The molecule has 2 atom stereocenters. The maximum atomic E-state index is 10.6. The van der Waals surface area contributed by atoms with Gasteiger partial charge in [0.1, 0.15) is 5.60 Å². The number of rotatable bonds is 4. The van der Waals surface area contributed by atoms with Gasteiger partial charge >= 0.3 is 0 Å². The van der Waals surface area contributed by atoms with Gasteiger partial charge in [0.05, 0.1) is 6.61 Å². The van der Waals surface area contributed by atoms with Gasteiger partial charge in [0, 0.05) is 18.6 Å². The summed E-state index contributed by atoms with van der Waals surface area (Å²) in [7, 11) is 0. The summed E-state index contributed by atoms with van der Waals surface area (Å²) in [6.07, 6.45) is 1.50. The molecule has 1 heterocycles. The van der Waals surface area contributed by atoms with Gasteiger partial charge in [-0.05, 0) is 18.3 Å². The lowest BCUT2D eigenvalue weighted by molar-refractivity contribution is -0.0675. The SMILES string of the molecule is CC(C)CC(N)(C(C)C)C1(O)CCOC1. The zero-order valence-electron chi connectivity index (χ0n) is 10.4. The minimum absolute atomic E-state index is 0.256. The number of hydrogen-bond donors (Lipinski definition) is 2. The molecule has 1 rings (SSSR count). The van der Waals surface area contributed by atoms with Crippen LogP contribution >= 0.6 is 0 Å².